The molecule has 0 amide bonds. The molecule has 126 valence electrons. The van der Waals surface area contributed by atoms with Crippen molar-refractivity contribution in [3.63, 3.8) is 0 Å². The molecule has 0 radical (unpaired) electrons. The molecule has 3 heterocycles. The third-order valence-electron chi connectivity index (χ3n) is 4.13. The second kappa shape index (κ2) is 6.67. The van der Waals surface area contributed by atoms with Crippen LogP contribution in [0.1, 0.15) is 18.1 Å². The standard InChI is InChI=1S/C16H18ClN5O2/c1-3-22-7-11(5-20-22)24-15-9-21(8-14(15)23)16-12(4-18)10(2)13(17)6-19-16/h5-7,14-15,23H,3,8-9H2,1-2H3/t14-,15-/m1/s1. The van der Waals surface area contributed by atoms with Crippen molar-refractivity contribution < 1.29 is 9.84 Å². The minimum absolute atomic E-state index is 0.343. The highest BCUT2D eigenvalue weighted by molar-refractivity contribution is 6.31. The number of anilines is 1. The Kier molecular flexibility index (Phi) is 4.60. The average molecular weight is 348 g/mol. The number of nitrogens with zero attached hydrogens (tertiary/aromatic N) is 5. The number of ether oxygens (including phenoxy) is 1. The van der Waals surface area contributed by atoms with E-state index >= 15 is 0 Å². The average Bonchev–Trinajstić information content (AvgIpc) is 3.17. The van der Waals surface area contributed by atoms with Crippen LogP contribution in [0.3, 0.4) is 0 Å². The summed E-state index contributed by atoms with van der Waals surface area (Å²) in [5, 5.41) is 24.3. The van der Waals surface area contributed by atoms with Gasteiger partial charge in [0.1, 0.15) is 24.1 Å². The third kappa shape index (κ3) is 3.03. The summed E-state index contributed by atoms with van der Waals surface area (Å²) in [6, 6.07) is 2.15. The monoisotopic (exact) mass is 347 g/mol. The van der Waals surface area contributed by atoms with Gasteiger partial charge in [-0.25, -0.2) is 4.98 Å². The highest BCUT2D eigenvalue weighted by Crippen LogP contribution is 2.29. The van der Waals surface area contributed by atoms with E-state index in [-0.39, 0.29) is 0 Å². The van der Waals surface area contributed by atoms with Crippen LogP contribution in [0.25, 0.3) is 0 Å². The molecule has 0 saturated carbocycles. The van der Waals surface area contributed by atoms with Crippen LogP contribution < -0.4 is 9.64 Å². The quantitative estimate of drug-likeness (QED) is 0.906. The molecular weight excluding hydrogens is 330 g/mol. The number of nitriles is 1. The molecule has 1 N–H and O–H groups in total. The van der Waals surface area contributed by atoms with Gasteiger partial charge in [0, 0.05) is 19.3 Å². The fourth-order valence-corrected chi connectivity index (χ4v) is 2.88. The van der Waals surface area contributed by atoms with Crippen molar-refractivity contribution in [1.82, 2.24) is 14.8 Å². The van der Waals surface area contributed by atoms with Crippen molar-refractivity contribution in [2.24, 2.45) is 0 Å². The number of aliphatic hydroxyl groups excluding tert-OH is 1. The fourth-order valence-electron chi connectivity index (χ4n) is 2.74. The molecule has 24 heavy (non-hydrogen) atoms. The first-order valence-electron chi connectivity index (χ1n) is 7.70. The van der Waals surface area contributed by atoms with Gasteiger partial charge in [0.25, 0.3) is 0 Å². The first-order valence-corrected chi connectivity index (χ1v) is 8.08. The number of β-amino-alcohol motifs (C(OH)–C–C–N with tert-alkyl or cyclic N) is 1. The smallest absolute Gasteiger partial charge is 0.157 e. The van der Waals surface area contributed by atoms with Crippen LogP contribution in [-0.4, -0.2) is 45.2 Å². The van der Waals surface area contributed by atoms with Crippen molar-refractivity contribution in [2.45, 2.75) is 32.6 Å². The second-order valence-electron chi connectivity index (χ2n) is 5.70. The molecule has 1 fully saturated rings. The summed E-state index contributed by atoms with van der Waals surface area (Å²) in [5.74, 6) is 1.14. The molecule has 2 aromatic rings. The molecular formula is C16H18ClN5O2. The first-order chi connectivity index (χ1) is 11.5. The molecule has 0 aliphatic carbocycles. The lowest BCUT2D eigenvalue weighted by atomic mass is 10.1. The summed E-state index contributed by atoms with van der Waals surface area (Å²) in [7, 11) is 0. The van der Waals surface area contributed by atoms with Crippen molar-refractivity contribution >= 4 is 17.4 Å². The molecule has 2 aromatic heterocycles. The Hall–Kier alpha value is -2.30. The van der Waals surface area contributed by atoms with Gasteiger partial charge in [-0.2, -0.15) is 10.4 Å². The van der Waals surface area contributed by atoms with Gasteiger partial charge >= 0.3 is 0 Å². The predicted octanol–water partition coefficient (Wildman–Crippen LogP) is 1.76. The lowest BCUT2D eigenvalue weighted by Gasteiger charge is -2.19. The molecule has 0 spiro atoms. The zero-order chi connectivity index (χ0) is 17.3. The van der Waals surface area contributed by atoms with Crippen LogP contribution in [-0.2, 0) is 6.54 Å². The van der Waals surface area contributed by atoms with E-state index < -0.39 is 12.2 Å². The van der Waals surface area contributed by atoms with Crippen LogP contribution in [0.2, 0.25) is 5.02 Å². The number of hydrogen-bond acceptors (Lipinski definition) is 6. The highest BCUT2D eigenvalue weighted by atomic mass is 35.5. The van der Waals surface area contributed by atoms with Crippen molar-refractivity contribution in [3.8, 4) is 11.8 Å². The maximum absolute atomic E-state index is 10.3. The normalized spacial score (nSPS) is 20.2. The van der Waals surface area contributed by atoms with E-state index in [0.717, 1.165) is 6.54 Å². The highest BCUT2D eigenvalue weighted by Gasteiger charge is 2.35. The molecule has 3 rings (SSSR count). The summed E-state index contributed by atoms with van der Waals surface area (Å²) in [6.07, 6.45) is 3.85. The Morgan fingerprint density at radius 1 is 1.46 bits per heavy atom. The summed E-state index contributed by atoms with van der Waals surface area (Å²) >= 11 is 6.04. The van der Waals surface area contributed by atoms with Crippen molar-refractivity contribution in [3.05, 3.63) is 34.7 Å². The van der Waals surface area contributed by atoms with Crippen LogP contribution >= 0.6 is 11.6 Å². The van der Waals surface area contributed by atoms with Gasteiger partial charge in [0.2, 0.25) is 0 Å². The van der Waals surface area contributed by atoms with Gasteiger partial charge in [-0.1, -0.05) is 11.6 Å². The number of halogens is 1. The van der Waals surface area contributed by atoms with E-state index in [0.29, 0.717) is 40.8 Å². The summed E-state index contributed by atoms with van der Waals surface area (Å²) < 4.78 is 7.59. The first kappa shape index (κ1) is 16.6. The number of hydrogen-bond donors (Lipinski definition) is 1. The van der Waals surface area contributed by atoms with Gasteiger partial charge in [0.15, 0.2) is 5.75 Å². The number of rotatable bonds is 4. The zero-order valence-corrected chi connectivity index (χ0v) is 14.2. The Labute approximate surface area is 145 Å². The van der Waals surface area contributed by atoms with E-state index in [1.807, 2.05) is 11.8 Å². The number of pyridine rings is 1. The summed E-state index contributed by atoms with van der Waals surface area (Å²) in [4.78, 5) is 6.12. The lowest BCUT2D eigenvalue weighted by Crippen LogP contribution is -2.29. The second-order valence-corrected chi connectivity index (χ2v) is 6.11. The molecule has 2 atom stereocenters. The van der Waals surface area contributed by atoms with Crippen LogP contribution in [0.4, 0.5) is 5.82 Å². The molecule has 1 aliphatic heterocycles. The molecule has 8 heteroatoms. The molecule has 1 saturated heterocycles. The Bertz CT molecular complexity index is 785. The Morgan fingerprint density at radius 3 is 2.92 bits per heavy atom. The van der Waals surface area contributed by atoms with Crippen molar-refractivity contribution in [2.75, 3.05) is 18.0 Å². The SMILES string of the molecule is CCn1cc(O[C@@H]2CN(c3ncc(Cl)c(C)c3C#N)C[C@H]2O)cn1. The van der Waals surface area contributed by atoms with Gasteiger partial charge in [-0.05, 0) is 19.4 Å². The largest absolute Gasteiger partial charge is 0.482 e. The Balaban J connectivity index is 1.79. The Morgan fingerprint density at radius 2 is 2.25 bits per heavy atom. The van der Waals surface area contributed by atoms with Crippen molar-refractivity contribution in [1.29, 1.82) is 5.26 Å². The van der Waals surface area contributed by atoms with Crippen LogP contribution in [0, 0.1) is 18.3 Å². The predicted molar refractivity (Wildman–Crippen MR) is 89.2 cm³/mol. The van der Waals surface area contributed by atoms with E-state index in [4.69, 9.17) is 16.3 Å². The van der Waals surface area contributed by atoms with E-state index in [1.165, 1.54) is 6.20 Å². The van der Waals surface area contributed by atoms with Crippen LogP contribution in [0.15, 0.2) is 18.6 Å². The molecule has 1 aliphatic rings. The maximum atomic E-state index is 10.3. The van der Waals surface area contributed by atoms with Gasteiger partial charge in [-0.15, -0.1) is 0 Å². The summed E-state index contributed by atoms with van der Waals surface area (Å²) in [6.45, 7) is 5.30. The molecule has 0 unspecified atom stereocenters. The number of aryl methyl sites for hydroxylation is 1. The minimum Gasteiger partial charge on any atom is -0.482 e. The zero-order valence-electron chi connectivity index (χ0n) is 13.5. The minimum atomic E-state index is -0.681. The topological polar surface area (TPSA) is 87.2 Å². The molecule has 0 aromatic carbocycles. The lowest BCUT2D eigenvalue weighted by molar-refractivity contribution is 0.0737. The van der Waals surface area contributed by atoms with E-state index in [9.17, 15) is 10.4 Å². The number of aromatic nitrogens is 3. The number of aliphatic hydroxyl groups is 1. The van der Waals surface area contributed by atoms with Crippen LogP contribution in [0.5, 0.6) is 5.75 Å². The fraction of sp³-hybridized carbons (Fsp3) is 0.438. The van der Waals surface area contributed by atoms with Gasteiger partial charge in [-0.3, -0.25) is 4.68 Å². The maximum Gasteiger partial charge on any atom is 0.157 e. The molecule has 7 nitrogen and oxygen atoms in total. The summed E-state index contributed by atoms with van der Waals surface area (Å²) in [5.41, 5.74) is 1.11. The van der Waals surface area contributed by atoms with E-state index in [1.54, 1.807) is 24.0 Å². The van der Waals surface area contributed by atoms with E-state index in [2.05, 4.69) is 16.2 Å². The van der Waals surface area contributed by atoms with Gasteiger partial charge in [0.05, 0.1) is 29.5 Å². The third-order valence-corrected chi connectivity index (χ3v) is 4.51. The molecule has 0 bridgehead atoms. The van der Waals surface area contributed by atoms with Gasteiger partial charge < -0.3 is 14.7 Å².